The standard InChI is InChI=1S/C34H38N4O3/c1-23-9-8-14-27(37-23)20-36-34(40)26-15-16-28-29(19-26)38(30(22-39)31-21-35-17-18-41-31)33(25-12-6-3-7-13-25)32(28)24-10-4-2-5-11-24/h3,6-9,12-16,19,22,24,30-31,35H,2,4-5,10-11,17-18,20-21H2,1H3,(H,36,40). The van der Waals surface area contributed by atoms with Gasteiger partial charge in [-0.15, -0.1) is 0 Å². The molecule has 7 nitrogen and oxygen atoms in total. The summed E-state index contributed by atoms with van der Waals surface area (Å²) in [5.41, 5.74) is 6.63. The van der Waals surface area contributed by atoms with E-state index < -0.39 is 6.04 Å². The van der Waals surface area contributed by atoms with Crippen molar-refractivity contribution < 1.29 is 14.3 Å². The summed E-state index contributed by atoms with van der Waals surface area (Å²) >= 11 is 0. The van der Waals surface area contributed by atoms with Crippen molar-refractivity contribution in [1.29, 1.82) is 0 Å². The largest absolute Gasteiger partial charge is 0.373 e. The first kappa shape index (κ1) is 27.4. The van der Waals surface area contributed by atoms with E-state index in [0.717, 1.165) is 59.2 Å². The molecule has 1 aliphatic heterocycles. The minimum Gasteiger partial charge on any atom is -0.373 e. The minimum absolute atomic E-state index is 0.165. The molecule has 6 rings (SSSR count). The highest BCUT2D eigenvalue weighted by atomic mass is 16.5. The Morgan fingerprint density at radius 2 is 1.93 bits per heavy atom. The van der Waals surface area contributed by atoms with Crippen LogP contribution in [0.25, 0.3) is 22.2 Å². The number of nitrogens with zero attached hydrogens (tertiary/aromatic N) is 2. The molecular weight excluding hydrogens is 512 g/mol. The number of morpholine rings is 1. The molecule has 1 saturated heterocycles. The van der Waals surface area contributed by atoms with Crippen LogP contribution in [0.4, 0.5) is 0 Å². The maximum absolute atomic E-state index is 13.4. The third-order valence-electron chi connectivity index (χ3n) is 8.52. The fourth-order valence-electron chi connectivity index (χ4n) is 6.57. The molecule has 212 valence electrons. The van der Waals surface area contributed by atoms with Crippen LogP contribution >= 0.6 is 0 Å². The fourth-order valence-corrected chi connectivity index (χ4v) is 6.57. The second-order valence-electron chi connectivity index (χ2n) is 11.3. The highest BCUT2D eigenvalue weighted by molar-refractivity contribution is 6.01. The summed E-state index contributed by atoms with van der Waals surface area (Å²) in [6.45, 7) is 4.22. The van der Waals surface area contributed by atoms with Crippen molar-refractivity contribution in [2.45, 2.75) is 63.6 Å². The van der Waals surface area contributed by atoms with Gasteiger partial charge in [0.05, 0.1) is 36.2 Å². The van der Waals surface area contributed by atoms with Gasteiger partial charge in [0, 0.05) is 29.7 Å². The van der Waals surface area contributed by atoms with Crippen LogP contribution in [-0.4, -0.2) is 47.5 Å². The lowest BCUT2D eigenvalue weighted by atomic mass is 9.81. The Morgan fingerprint density at radius 1 is 1.10 bits per heavy atom. The van der Waals surface area contributed by atoms with E-state index in [9.17, 15) is 9.59 Å². The molecule has 2 aliphatic rings. The maximum atomic E-state index is 13.4. The van der Waals surface area contributed by atoms with Gasteiger partial charge in [-0.1, -0.05) is 61.7 Å². The summed E-state index contributed by atoms with van der Waals surface area (Å²) in [4.78, 5) is 30.8. The highest BCUT2D eigenvalue weighted by Gasteiger charge is 2.33. The monoisotopic (exact) mass is 550 g/mol. The molecule has 1 aliphatic carbocycles. The molecule has 2 aromatic carbocycles. The number of rotatable bonds is 8. The third kappa shape index (κ3) is 5.69. The smallest absolute Gasteiger partial charge is 0.251 e. The molecule has 7 heteroatoms. The number of benzene rings is 2. The quantitative estimate of drug-likeness (QED) is 0.274. The molecule has 2 unspecified atom stereocenters. The van der Waals surface area contributed by atoms with Crippen molar-refractivity contribution in [2.24, 2.45) is 0 Å². The van der Waals surface area contributed by atoms with Crippen molar-refractivity contribution in [3.63, 3.8) is 0 Å². The Labute approximate surface area is 241 Å². The first-order valence-electron chi connectivity index (χ1n) is 14.9. The minimum atomic E-state index is -0.535. The number of carbonyl (C=O) groups excluding carboxylic acids is 2. The molecule has 0 radical (unpaired) electrons. The van der Waals surface area contributed by atoms with E-state index in [-0.39, 0.29) is 12.0 Å². The predicted molar refractivity (Wildman–Crippen MR) is 161 cm³/mol. The van der Waals surface area contributed by atoms with E-state index in [1.807, 2.05) is 43.3 Å². The molecule has 2 fully saturated rings. The van der Waals surface area contributed by atoms with E-state index in [1.54, 1.807) is 0 Å². The zero-order chi connectivity index (χ0) is 28.2. The lowest BCUT2D eigenvalue weighted by Gasteiger charge is -2.31. The molecule has 2 aromatic heterocycles. The molecule has 4 aromatic rings. The van der Waals surface area contributed by atoms with Crippen LogP contribution in [0.2, 0.25) is 0 Å². The molecule has 0 spiro atoms. The van der Waals surface area contributed by atoms with Gasteiger partial charge in [0.2, 0.25) is 0 Å². The molecule has 1 saturated carbocycles. The molecular formula is C34H38N4O3. The number of hydrogen-bond donors (Lipinski definition) is 2. The van der Waals surface area contributed by atoms with Crippen molar-refractivity contribution in [3.05, 3.63) is 89.2 Å². The van der Waals surface area contributed by atoms with Crippen LogP contribution in [0.3, 0.4) is 0 Å². The lowest BCUT2D eigenvalue weighted by molar-refractivity contribution is -0.115. The topological polar surface area (TPSA) is 85.2 Å². The van der Waals surface area contributed by atoms with Crippen LogP contribution < -0.4 is 10.6 Å². The second kappa shape index (κ2) is 12.4. The summed E-state index contributed by atoms with van der Waals surface area (Å²) < 4.78 is 8.32. The average Bonchev–Trinajstić information content (AvgIpc) is 3.36. The van der Waals surface area contributed by atoms with Gasteiger partial charge in [-0.05, 0) is 61.1 Å². The number of carbonyl (C=O) groups is 2. The van der Waals surface area contributed by atoms with E-state index in [1.165, 1.54) is 24.8 Å². The normalized spacial score (nSPS) is 18.7. The first-order valence-corrected chi connectivity index (χ1v) is 14.9. The lowest BCUT2D eigenvalue weighted by Crippen LogP contribution is -2.44. The third-order valence-corrected chi connectivity index (χ3v) is 8.52. The van der Waals surface area contributed by atoms with Crippen LogP contribution in [0, 0.1) is 6.92 Å². The first-order chi connectivity index (χ1) is 20.1. The summed E-state index contributed by atoms with van der Waals surface area (Å²) in [6.07, 6.45) is 6.62. The Bertz CT molecular complexity index is 1520. The SMILES string of the molecule is Cc1cccc(CNC(=O)c2ccc3c(C4CCCCC4)c(-c4ccccc4)n(C(C=O)C4CNCCO4)c3c2)n1. The number of fused-ring (bicyclic) bond motifs is 1. The summed E-state index contributed by atoms with van der Waals surface area (Å²) in [7, 11) is 0. The number of hydrogen-bond acceptors (Lipinski definition) is 5. The number of amides is 1. The molecule has 3 heterocycles. The fraction of sp³-hybridized carbons (Fsp3) is 0.382. The molecule has 2 atom stereocenters. The summed E-state index contributed by atoms with van der Waals surface area (Å²) in [5, 5.41) is 7.54. The Balaban J connectivity index is 1.50. The van der Waals surface area contributed by atoms with Crippen molar-refractivity contribution in [2.75, 3.05) is 19.7 Å². The number of ether oxygens (including phenoxy) is 1. The van der Waals surface area contributed by atoms with Gasteiger partial charge in [0.1, 0.15) is 12.3 Å². The molecule has 1 amide bonds. The summed E-state index contributed by atoms with van der Waals surface area (Å²) in [6, 6.07) is 21.6. The molecule has 2 N–H and O–H groups in total. The average molecular weight is 551 g/mol. The van der Waals surface area contributed by atoms with Crippen LogP contribution in [0.15, 0.2) is 66.7 Å². The van der Waals surface area contributed by atoms with Gasteiger partial charge in [-0.25, -0.2) is 0 Å². The van der Waals surface area contributed by atoms with Crippen molar-refractivity contribution in [3.8, 4) is 11.3 Å². The zero-order valence-electron chi connectivity index (χ0n) is 23.6. The van der Waals surface area contributed by atoms with Gasteiger partial charge < -0.3 is 24.7 Å². The van der Waals surface area contributed by atoms with Crippen LogP contribution in [-0.2, 0) is 16.1 Å². The van der Waals surface area contributed by atoms with E-state index >= 15 is 0 Å². The van der Waals surface area contributed by atoms with E-state index in [0.29, 0.717) is 31.2 Å². The Kier molecular flexibility index (Phi) is 8.26. The number of aryl methyl sites for hydroxylation is 1. The number of aldehydes is 1. The van der Waals surface area contributed by atoms with Gasteiger partial charge >= 0.3 is 0 Å². The van der Waals surface area contributed by atoms with E-state index in [2.05, 4.69) is 50.5 Å². The Hall–Kier alpha value is -3.81. The van der Waals surface area contributed by atoms with Gasteiger partial charge in [0.25, 0.3) is 5.91 Å². The maximum Gasteiger partial charge on any atom is 0.251 e. The number of aromatic nitrogens is 2. The van der Waals surface area contributed by atoms with E-state index in [4.69, 9.17) is 4.74 Å². The zero-order valence-corrected chi connectivity index (χ0v) is 23.6. The summed E-state index contributed by atoms with van der Waals surface area (Å²) in [5.74, 6) is 0.231. The molecule has 41 heavy (non-hydrogen) atoms. The predicted octanol–water partition coefficient (Wildman–Crippen LogP) is 5.72. The van der Waals surface area contributed by atoms with Crippen molar-refractivity contribution in [1.82, 2.24) is 20.2 Å². The van der Waals surface area contributed by atoms with Gasteiger partial charge in [-0.2, -0.15) is 0 Å². The number of nitrogens with one attached hydrogen (secondary N) is 2. The second-order valence-corrected chi connectivity index (χ2v) is 11.3. The van der Waals surface area contributed by atoms with Gasteiger partial charge in [-0.3, -0.25) is 9.78 Å². The van der Waals surface area contributed by atoms with Crippen LogP contribution in [0.1, 0.15) is 71.4 Å². The van der Waals surface area contributed by atoms with Crippen molar-refractivity contribution >= 4 is 23.1 Å². The van der Waals surface area contributed by atoms with Crippen LogP contribution in [0.5, 0.6) is 0 Å². The van der Waals surface area contributed by atoms with Gasteiger partial charge in [0.15, 0.2) is 0 Å². The highest BCUT2D eigenvalue weighted by Crippen LogP contribution is 2.45. The number of pyridine rings is 1. The molecule has 0 bridgehead atoms. The Morgan fingerprint density at radius 3 is 2.66 bits per heavy atom.